The number of hydrogen-bond donors (Lipinski definition) is 1. The predicted octanol–water partition coefficient (Wildman–Crippen LogP) is 0.561. The Morgan fingerprint density at radius 1 is 1.20 bits per heavy atom. The van der Waals surface area contributed by atoms with E-state index >= 15 is 0 Å². The molecule has 0 aromatic rings. The molecule has 0 radical (unpaired) electrons. The van der Waals surface area contributed by atoms with Gasteiger partial charge in [-0.1, -0.05) is 0 Å². The number of methoxy groups -OCH3 is 1. The summed E-state index contributed by atoms with van der Waals surface area (Å²) in [5.41, 5.74) is 0. The second-order valence-electron chi connectivity index (χ2n) is 5.67. The molecule has 2 saturated heterocycles. The number of amides is 1. The number of rotatable bonds is 4. The molecule has 0 saturated carbocycles. The molecule has 2 fully saturated rings. The molecule has 1 N–H and O–H groups in total. The minimum atomic E-state index is -0.714. The van der Waals surface area contributed by atoms with Crippen LogP contribution in [-0.2, 0) is 14.3 Å². The van der Waals surface area contributed by atoms with Crippen LogP contribution in [0, 0.1) is 0 Å². The van der Waals surface area contributed by atoms with E-state index in [1.807, 2.05) is 4.90 Å². The average molecular weight is 284 g/mol. The van der Waals surface area contributed by atoms with Crippen LogP contribution in [-0.4, -0.2) is 71.7 Å². The van der Waals surface area contributed by atoms with Gasteiger partial charge in [0, 0.05) is 26.2 Å². The first-order valence-electron chi connectivity index (χ1n) is 7.34. The van der Waals surface area contributed by atoms with Gasteiger partial charge < -0.3 is 14.7 Å². The maximum absolute atomic E-state index is 12.0. The highest BCUT2D eigenvalue weighted by Gasteiger charge is 2.37. The van der Waals surface area contributed by atoms with Crippen molar-refractivity contribution in [1.29, 1.82) is 0 Å². The molecule has 0 spiro atoms. The predicted molar refractivity (Wildman–Crippen MR) is 73.4 cm³/mol. The molecule has 2 rings (SSSR count). The summed E-state index contributed by atoms with van der Waals surface area (Å²) in [5.74, 6) is -0.684. The highest BCUT2D eigenvalue weighted by molar-refractivity contribution is 5.80. The van der Waals surface area contributed by atoms with Crippen molar-refractivity contribution in [2.45, 2.75) is 50.8 Å². The molecule has 20 heavy (non-hydrogen) atoms. The van der Waals surface area contributed by atoms with Crippen molar-refractivity contribution >= 4 is 11.9 Å². The molecule has 1 amide bonds. The first-order valence-corrected chi connectivity index (χ1v) is 7.34. The highest BCUT2D eigenvalue weighted by Crippen LogP contribution is 2.26. The maximum atomic E-state index is 12.0. The number of carboxylic acid groups (broad SMARTS) is 1. The van der Waals surface area contributed by atoms with E-state index in [2.05, 4.69) is 4.90 Å². The first-order chi connectivity index (χ1) is 9.54. The third kappa shape index (κ3) is 3.12. The zero-order chi connectivity index (χ0) is 14.7. The van der Waals surface area contributed by atoms with E-state index in [-0.39, 0.29) is 11.9 Å². The Balaban J connectivity index is 1.88. The normalized spacial score (nSPS) is 26.7. The van der Waals surface area contributed by atoms with E-state index in [1.165, 1.54) is 7.11 Å². The number of carboxylic acids is 1. The fourth-order valence-electron chi connectivity index (χ4n) is 3.27. The van der Waals surface area contributed by atoms with E-state index in [0.717, 1.165) is 32.2 Å². The second-order valence-corrected chi connectivity index (χ2v) is 5.67. The van der Waals surface area contributed by atoms with Crippen LogP contribution in [0.5, 0.6) is 0 Å². The molecule has 2 heterocycles. The molecule has 6 nitrogen and oxygen atoms in total. The quantitative estimate of drug-likeness (QED) is 0.817. The number of likely N-dealkylation sites (tertiary alicyclic amines) is 2. The third-order valence-corrected chi connectivity index (χ3v) is 4.53. The van der Waals surface area contributed by atoms with E-state index in [1.54, 1.807) is 6.92 Å². The molecule has 114 valence electrons. The van der Waals surface area contributed by atoms with Crippen LogP contribution < -0.4 is 0 Å². The Hall–Kier alpha value is -1.14. The summed E-state index contributed by atoms with van der Waals surface area (Å²) < 4.78 is 5.06. The lowest BCUT2D eigenvalue weighted by Crippen LogP contribution is -2.51. The average Bonchev–Trinajstić information content (AvgIpc) is 2.95. The van der Waals surface area contributed by atoms with Gasteiger partial charge in [0.2, 0.25) is 0 Å². The Kier molecular flexibility index (Phi) is 4.99. The molecule has 2 aliphatic rings. The number of carbonyl (C=O) groups is 2. The van der Waals surface area contributed by atoms with Crippen molar-refractivity contribution in [2.75, 3.05) is 26.7 Å². The molecule has 2 atom stereocenters. The number of carbonyl (C=O) groups excluding carboxylic acids is 1. The van der Waals surface area contributed by atoms with Crippen LogP contribution in [0.3, 0.4) is 0 Å². The summed E-state index contributed by atoms with van der Waals surface area (Å²) in [6, 6.07) is -0.0411. The summed E-state index contributed by atoms with van der Waals surface area (Å²) >= 11 is 0. The number of piperidine rings is 1. The molecule has 0 bridgehead atoms. The number of nitrogens with zero attached hydrogens (tertiary/aromatic N) is 2. The van der Waals surface area contributed by atoms with Crippen LogP contribution in [0.1, 0.15) is 32.6 Å². The molecule has 6 heteroatoms. The van der Waals surface area contributed by atoms with Crippen LogP contribution in [0.2, 0.25) is 0 Å². The maximum Gasteiger partial charge on any atom is 0.320 e. The summed E-state index contributed by atoms with van der Waals surface area (Å²) in [6.07, 6.45) is 3.01. The molecule has 2 aliphatic heterocycles. The van der Waals surface area contributed by atoms with Gasteiger partial charge in [-0.3, -0.25) is 14.5 Å². The summed E-state index contributed by atoms with van der Waals surface area (Å²) in [5, 5.41) is 9.24. The van der Waals surface area contributed by atoms with Gasteiger partial charge in [-0.2, -0.15) is 0 Å². The van der Waals surface area contributed by atoms with Gasteiger partial charge in [-0.15, -0.1) is 0 Å². The minimum Gasteiger partial charge on any atom is -0.480 e. The number of ether oxygens (including phenoxy) is 1. The molecule has 0 aromatic carbocycles. The zero-order valence-electron chi connectivity index (χ0n) is 12.2. The topological polar surface area (TPSA) is 70.1 Å². The second kappa shape index (κ2) is 6.54. The summed E-state index contributed by atoms with van der Waals surface area (Å²) in [4.78, 5) is 27.2. The van der Waals surface area contributed by atoms with Crippen molar-refractivity contribution in [3.8, 4) is 0 Å². The van der Waals surface area contributed by atoms with Crippen LogP contribution in [0.4, 0.5) is 0 Å². The van der Waals surface area contributed by atoms with E-state index in [0.29, 0.717) is 19.1 Å². The molecule has 0 aromatic heterocycles. The van der Waals surface area contributed by atoms with Gasteiger partial charge >= 0.3 is 5.97 Å². The Morgan fingerprint density at radius 3 is 2.40 bits per heavy atom. The summed E-state index contributed by atoms with van der Waals surface area (Å²) in [6.45, 7) is 4.01. The van der Waals surface area contributed by atoms with E-state index in [4.69, 9.17) is 4.74 Å². The van der Waals surface area contributed by atoms with Gasteiger partial charge in [-0.05, 0) is 39.2 Å². The zero-order valence-corrected chi connectivity index (χ0v) is 12.2. The van der Waals surface area contributed by atoms with Crippen molar-refractivity contribution in [3.05, 3.63) is 0 Å². The van der Waals surface area contributed by atoms with Gasteiger partial charge in [-0.25, -0.2) is 0 Å². The van der Waals surface area contributed by atoms with Crippen molar-refractivity contribution in [3.63, 3.8) is 0 Å². The largest absolute Gasteiger partial charge is 0.480 e. The molecule has 2 unspecified atom stereocenters. The SMILES string of the molecule is COC(C)C(=O)N1CCC(N2CCCC2C(=O)O)CC1. The lowest BCUT2D eigenvalue weighted by atomic mass is 10.0. The molecular weight excluding hydrogens is 260 g/mol. The van der Waals surface area contributed by atoms with Gasteiger partial charge in [0.1, 0.15) is 12.1 Å². The van der Waals surface area contributed by atoms with Crippen molar-refractivity contribution in [2.24, 2.45) is 0 Å². The van der Waals surface area contributed by atoms with Crippen LogP contribution >= 0.6 is 0 Å². The lowest BCUT2D eigenvalue weighted by molar-refractivity contribution is -0.146. The van der Waals surface area contributed by atoms with Crippen molar-refractivity contribution < 1.29 is 19.4 Å². The smallest absolute Gasteiger partial charge is 0.320 e. The Morgan fingerprint density at radius 2 is 1.85 bits per heavy atom. The number of hydrogen-bond acceptors (Lipinski definition) is 4. The summed E-state index contributed by atoms with van der Waals surface area (Å²) in [7, 11) is 1.54. The van der Waals surface area contributed by atoms with Crippen LogP contribution in [0.15, 0.2) is 0 Å². The highest BCUT2D eigenvalue weighted by atomic mass is 16.5. The minimum absolute atomic E-state index is 0.0298. The lowest BCUT2D eigenvalue weighted by Gasteiger charge is -2.38. The van der Waals surface area contributed by atoms with Crippen molar-refractivity contribution in [1.82, 2.24) is 9.80 Å². The van der Waals surface area contributed by atoms with E-state index < -0.39 is 12.1 Å². The fourth-order valence-corrected chi connectivity index (χ4v) is 3.27. The third-order valence-electron chi connectivity index (χ3n) is 4.53. The molecular formula is C14H24N2O4. The Labute approximate surface area is 119 Å². The Bertz CT molecular complexity index is 366. The fraction of sp³-hybridized carbons (Fsp3) is 0.857. The van der Waals surface area contributed by atoms with Gasteiger partial charge in [0.05, 0.1) is 0 Å². The van der Waals surface area contributed by atoms with Gasteiger partial charge in [0.25, 0.3) is 5.91 Å². The standard InChI is InChI=1S/C14H24N2O4/c1-10(20-2)13(17)15-8-5-11(6-9-15)16-7-3-4-12(16)14(18)19/h10-12H,3-9H2,1-2H3,(H,18,19). The van der Waals surface area contributed by atoms with E-state index in [9.17, 15) is 14.7 Å². The van der Waals surface area contributed by atoms with Crippen LogP contribution in [0.25, 0.3) is 0 Å². The van der Waals surface area contributed by atoms with Gasteiger partial charge in [0.15, 0.2) is 0 Å². The number of aliphatic carboxylic acids is 1. The molecule has 0 aliphatic carbocycles. The first kappa shape index (κ1) is 15.3. The monoisotopic (exact) mass is 284 g/mol.